The minimum atomic E-state index is -3.05. The molecule has 20 heavy (non-hydrogen) atoms. The molecule has 4 heteroatoms. The number of nitrogens with one attached hydrogen (secondary N) is 1. The minimum absolute atomic E-state index is 0.0872. The van der Waals surface area contributed by atoms with E-state index >= 15 is 0 Å². The molecule has 0 amide bonds. The lowest BCUT2D eigenvalue weighted by Crippen LogP contribution is -2.41. The van der Waals surface area contributed by atoms with Crippen molar-refractivity contribution in [1.82, 2.24) is 5.32 Å². The third-order valence-electron chi connectivity index (χ3n) is 3.93. The van der Waals surface area contributed by atoms with Crippen LogP contribution < -0.4 is 5.32 Å². The predicted octanol–water partition coefficient (Wildman–Crippen LogP) is 2.40. The first-order valence-corrected chi connectivity index (χ1v) is 8.71. The van der Waals surface area contributed by atoms with Gasteiger partial charge in [-0.15, -0.1) is 0 Å². The second kappa shape index (κ2) is 5.94. The number of likely N-dealkylation sites (N-methyl/N-ethyl adjacent to an activating group) is 1. The molecule has 0 aromatic heterocycles. The molecule has 0 fully saturated rings. The summed E-state index contributed by atoms with van der Waals surface area (Å²) in [4.78, 5) is 0. The van der Waals surface area contributed by atoms with Gasteiger partial charge in [0.1, 0.15) is 0 Å². The molecule has 0 saturated heterocycles. The summed E-state index contributed by atoms with van der Waals surface area (Å²) in [7, 11) is -1.23. The molecule has 2 unspecified atom stereocenters. The van der Waals surface area contributed by atoms with E-state index in [1.807, 2.05) is 25.2 Å². The molecule has 2 aromatic rings. The molecular formula is C16H21NO2S. The van der Waals surface area contributed by atoms with Gasteiger partial charge in [0.2, 0.25) is 0 Å². The van der Waals surface area contributed by atoms with Gasteiger partial charge < -0.3 is 5.32 Å². The molecule has 0 aliphatic heterocycles. The number of fused-ring (bicyclic) bond motifs is 1. The van der Waals surface area contributed by atoms with Gasteiger partial charge in [-0.2, -0.15) is 0 Å². The zero-order valence-electron chi connectivity index (χ0n) is 12.1. The van der Waals surface area contributed by atoms with Gasteiger partial charge in [0.15, 0.2) is 9.84 Å². The van der Waals surface area contributed by atoms with E-state index in [4.69, 9.17) is 0 Å². The van der Waals surface area contributed by atoms with E-state index in [1.165, 1.54) is 22.6 Å². The molecular weight excluding hydrogens is 270 g/mol. The molecule has 0 aliphatic rings. The molecule has 0 spiro atoms. The van der Waals surface area contributed by atoms with E-state index in [9.17, 15) is 8.42 Å². The minimum Gasteiger partial charge on any atom is -0.315 e. The summed E-state index contributed by atoms with van der Waals surface area (Å²) < 4.78 is 23.5. The van der Waals surface area contributed by atoms with Gasteiger partial charge in [0.25, 0.3) is 0 Å². The van der Waals surface area contributed by atoms with E-state index in [0.717, 1.165) is 0 Å². The number of sulfone groups is 1. The Morgan fingerprint density at radius 2 is 1.75 bits per heavy atom. The van der Waals surface area contributed by atoms with Gasteiger partial charge in [-0.05, 0) is 36.7 Å². The summed E-state index contributed by atoms with van der Waals surface area (Å²) in [5, 5.41) is 5.11. The van der Waals surface area contributed by atoms with Gasteiger partial charge in [-0.1, -0.05) is 42.5 Å². The summed E-state index contributed by atoms with van der Waals surface area (Å²) in [6.45, 7) is 1.77. The highest BCUT2D eigenvalue weighted by Gasteiger charge is 2.25. The molecule has 2 aromatic carbocycles. The Hall–Kier alpha value is -1.39. The predicted molar refractivity (Wildman–Crippen MR) is 84.8 cm³/mol. The molecule has 2 atom stereocenters. The molecule has 0 aliphatic carbocycles. The quantitative estimate of drug-likeness (QED) is 0.920. The van der Waals surface area contributed by atoms with Gasteiger partial charge in [-0.25, -0.2) is 8.42 Å². The largest absolute Gasteiger partial charge is 0.315 e. The molecule has 0 heterocycles. The van der Waals surface area contributed by atoms with E-state index in [-0.39, 0.29) is 6.04 Å². The van der Waals surface area contributed by atoms with Crippen LogP contribution in [0.1, 0.15) is 12.5 Å². The summed E-state index contributed by atoms with van der Waals surface area (Å²) in [5.41, 5.74) is 1.18. The molecule has 0 radical (unpaired) electrons. The van der Waals surface area contributed by atoms with Crippen LogP contribution in [0.4, 0.5) is 0 Å². The Kier molecular flexibility index (Phi) is 4.45. The van der Waals surface area contributed by atoms with Crippen LogP contribution in [-0.4, -0.2) is 33.0 Å². The lowest BCUT2D eigenvalue weighted by molar-refractivity contribution is 0.517. The highest BCUT2D eigenvalue weighted by molar-refractivity contribution is 7.91. The number of benzene rings is 2. The van der Waals surface area contributed by atoms with E-state index < -0.39 is 15.1 Å². The molecule has 2 rings (SSSR count). The topological polar surface area (TPSA) is 46.2 Å². The van der Waals surface area contributed by atoms with Gasteiger partial charge >= 0.3 is 0 Å². The Morgan fingerprint density at radius 3 is 2.40 bits per heavy atom. The smallest absolute Gasteiger partial charge is 0.151 e. The molecule has 0 saturated carbocycles. The third-order valence-corrected chi connectivity index (χ3v) is 5.61. The Labute approximate surface area is 120 Å². The summed E-state index contributed by atoms with van der Waals surface area (Å²) in [5.74, 6) is 0. The summed E-state index contributed by atoms with van der Waals surface area (Å²) >= 11 is 0. The number of hydrogen-bond acceptors (Lipinski definition) is 3. The lowest BCUT2D eigenvalue weighted by atomic mass is 9.97. The zero-order chi connectivity index (χ0) is 14.8. The van der Waals surface area contributed by atoms with Crippen molar-refractivity contribution in [2.75, 3.05) is 13.3 Å². The SMILES string of the molecule is CNC(Cc1cccc2ccccc12)C(C)S(C)(=O)=O. The monoisotopic (exact) mass is 291 g/mol. The van der Waals surface area contributed by atoms with E-state index in [1.54, 1.807) is 6.92 Å². The van der Waals surface area contributed by atoms with Crippen molar-refractivity contribution >= 4 is 20.6 Å². The second-order valence-electron chi connectivity index (χ2n) is 5.27. The van der Waals surface area contributed by atoms with Crippen molar-refractivity contribution < 1.29 is 8.42 Å². The van der Waals surface area contributed by atoms with Crippen LogP contribution in [0.25, 0.3) is 10.8 Å². The van der Waals surface area contributed by atoms with Crippen molar-refractivity contribution in [1.29, 1.82) is 0 Å². The Morgan fingerprint density at radius 1 is 1.10 bits per heavy atom. The highest BCUT2D eigenvalue weighted by Crippen LogP contribution is 2.21. The van der Waals surface area contributed by atoms with Crippen LogP contribution >= 0.6 is 0 Å². The maximum absolute atomic E-state index is 11.7. The first-order valence-electron chi connectivity index (χ1n) is 6.76. The van der Waals surface area contributed by atoms with Crippen molar-refractivity contribution in [2.24, 2.45) is 0 Å². The maximum atomic E-state index is 11.7. The molecule has 108 valence electrons. The van der Waals surface area contributed by atoms with Crippen LogP contribution in [0.5, 0.6) is 0 Å². The normalized spacial score (nSPS) is 15.2. The fourth-order valence-electron chi connectivity index (χ4n) is 2.51. The van der Waals surface area contributed by atoms with Crippen molar-refractivity contribution in [3.8, 4) is 0 Å². The van der Waals surface area contributed by atoms with Crippen LogP contribution in [0.3, 0.4) is 0 Å². The molecule has 3 nitrogen and oxygen atoms in total. The fourth-order valence-corrected chi connectivity index (χ4v) is 3.34. The van der Waals surface area contributed by atoms with Crippen LogP contribution in [0, 0.1) is 0 Å². The number of hydrogen-bond donors (Lipinski definition) is 1. The maximum Gasteiger partial charge on any atom is 0.151 e. The van der Waals surface area contributed by atoms with Gasteiger partial charge in [0, 0.05) is 12.3 Å². The van der Waals surface area contributed by atoms with Crippen LogP contribution in [0.2, 0.25) is 0 Å². The van der Waals surface area contributed by atoms with E-state index in [0.29, 0.717) is 6.42 Å². The second-order valence-corrected chi connectivity index (χ2v) is 7.67. The van der Waals surface area contributed by atoms with Gasteiger partial charge in [0.05, 0.1) is 5.25 Å². The summed E-state index contributed by atoms with van der Waals surface area (Å²) in [6.07, 6.45) is 2.00. The Balaban J connectivity index is 2.35. The highest BCUT2D eigenvalue weighted by atomic mass is 32.2. The standard InChI is InChI=1S/C16H21NO2S/c1-12(20(3,18)19)16(17-2)11-14-9-6-8-13-7-4-5-10-15(13)14/h4-10,12,16-17H,11H2,1-3H3. The third kappa shape index (κ3) is 3.19. The fraction of sp³-hybridized carbons (Fsp3) is 0.375. The van der Waals surface area contributed by atoms with Crippen LogP contribution in [0.15, 0.2) is 42.5 Å². The zero-order valence-corrected chi connectivity index (χ0v) is 12.9. The summed E-state index contributed by atoms with van der Waals surface area (Å²) in [6, 6.07) is 14.3. The van der Waals surface area contributed by atoms with Gasteiger partial charge in [-0.3, -0.25) is 0 Å². The van der Waals surface area contributed by atoms with Crippen molar-refractivity contribution in [3.63, 3.8) is 0 Å². The van der Waals surface area contributed by atoms with Crippen molar-refractivity contribution in [2.45, 2.75) is 24.6 Å². The average Bonchev–Trinajstić information content (AvgIpc) is 2.43. The van der Waals surface area contributed by atoms with Crippen molar-refractivity contribution in [3.05, 3.63) is 48.0 Å². The van der Waals surface area contributed by atoms with Crippen LogP contribution in [-0.2, 0) is 16.3 Å². The first kappa shape index (κ1) is 15.0. The first-order chi connectivity index (χ1) is 9.43. The molecule has 1 N–H and O–H groups in total. The average molecular weight is 291 g/mol. The lowest BCUT2D eigenvalue weighted by Gasteiger charge is -2.23. The molecule has 0 bridgehead atoms. The number of rotatable bonds is 5. The Bertz CT molecular complexity index is 689. The van der Waals surface area contributed by atoms with E-state index in [2.05, 4.69) is 29.6 Å².